The summed E-state index contributed by atoms with van der Waals surface area (Å²) in [6.07, 6.45) is 4.22. The molecule has 150 valence electrons. The quantitative estimate of drug-likeness (QED) is 0.647. The molecule has 2 aromatic carbocycles. The van der Waals surface area contributed by atoms with Crippen LogP contribution in [0.15, 0.2) is 53.1 Å². The Morgan fingerprint density at radius 1 is 1.14 bits per heavy atom. The predicted molar refractivity (Wildman–Crippen MR) is 114 cm³/mol. The first-order chi connectivity index (χ1) is 14.0. The second-order valence-corrected chi connectivity index (χ2v) is 7.87. The molecule has 5 nitrogen and oxygen atoms in total. The van der Waals surface area contributed by atoms with Crippen LogP contribution < -0.4 is 5.32 Å². The maximum absolute atomic E-state index is 11.7. The lowest BCUT2D eigenvalue weighted by atomic mass is 10.1. The van der Waals surface area contributed by atoms with Gasteiger partial charge in [-0.1, -0.05) is 29.8 Å². The largest absolute Gasteiger partial charge is 0.444 e. The lowest BCUT2D eigenvalue weighted by Gasteiger charge is -2.21. The zero-order valence-electron chi connectivity index (χ0n) is 17.2. The highest BCUT2D eigenvalue weighted by molar-refractivity contribution is 5.93. The van der Waals surface area contributed by atoms with Crippen LogP contribution in [0.5, 0.6) is 0 Å². The van der Waals surface area contributed by atoms with Crippen molar-refractivity contribution in [3.63, 3.8) is 0 Å². The van der Waals surface area contributed by atoms with Crippen LogP contribution in [0.2, 0.25) is 0 Å². The molecule has 0 saturated heterocycles. The number of carbonyl (C=O) groups is 1. The van der Waals surface area contributed by atoms with Crippen molar-refractivity contribution in [2.24, 2.45) is 0 Å². The maximum atomic E-state index is 11.7. The van der Waals surface area contributed by atoms with Gasteiger partial charge in [0.1, 0.15) is 6.26 Å². The second-order valence-electron chi connectivity index (χ2n) is 7.87. The number of nitrogens with zero attached hydrogens (tertiary/aromatic N) is 2. The van der Waals surface area contributed by atoms with Crippen LogP contribution in [0.4, 0.5) is 0 Å². The van der Waals surface area contributed by atoms with Crippen LogP contribution in [0.3, 0.4) is 0 Å². The topological polar surface area (TPSA) is 58.4 Å². The zero-order valence-corrected chi connectivity index (χ0v) is 17.2. The zero-order chi connectivity index (χ0) is 20.4. The Morgan fingerprint density at radius 2 is 1.90 bits per heavy atom. The van der Waals surface area contributed by atoms with E-state index in [0.717, 1.165) is 24.3 Å². The average Bonchev–Trinajstić information content (AvgIpc) is 3.47. The Labute approximate surface area is 171 Å². The lowest BCUT2D eigenvalue weighted by molar-refractivity contribution is 0.0963. The Morgan fingerprint density at radius 3 is 2.55 bits per heavy atom. The summed E-state index contributed by atoms with van der Waals surface area (Å²) in [5.41, 5.74) is 6.29. The fourth-order valence-corrected chi connectivity index (χ4v) is 3.66. The van der Waals surface area contributed by atoms with Gasteiger partial charge in [-0.25, -0.2) is 4.98 Å². The van der Waals surface area contributed by atoms with Gasteiger partial charge in [0.15, 0.2) is 0 Å². The standard InChI is InChI=1S/C24H27N3O2/c1-16-4-11-22(17(2)12-16)24-26-20(15-29-24)14-27(21-9-10-21)13-18-5-7-19(8-6-18)23(28)25-3/h4-8,11-12,15,21H,9-10,13-14H2,1-3H3,(H,25,28). The van der Waals surface area contributed by atoms with Crippen molar-refractivity contribution in [3.8, 4) is 11.5 Å². The molecule has 0 atom stereocenters. The molecule has 1 N–H and O–H groups in total. The summed E-state index contributed by atoms with van der Waals surface area (Å²) in [5, 5.41) is 2.66. The molecule has 0 aliphatic heterocycles. The van der Waals surface area contributed by atoms with Crippen molar-refractivity contribution in [1.82, 2.24) is 15.2 Å². The molecule has 1 amide bonds. The Balaban J connectivity index is 1.47. The molecule has 0 radical (unpaired) electrons. The van der Waals surface area contributed by atoms with Crippen molar-refractivity contribution < 1.29 is 9.21 Å². The van der Waals surface area contributed by atoms with Gasteiger partial charge in [0, 0.05) is 37.3 Å². The van der Waals surface area contributed by atoms with Crippen LogP contribution in [-0.4, -0.2) is 28.9 Å². The van der Waals surface area contributed by atoms with E-state index in [1.165, 1.54) is 29.5 Å². The van der Waals surface area contributed by atoms with E-state index in [0.29, 0.717) is 17.5 Å². The van der Waals surface area contributed by atoms with E-state index in [1.807, 2.05) is 24.3 Å². The minimum absolute atomic E-state index is 0.0582. The highest BCUT2D eigenvalue weighted by Gasteiger charge is 2.29. The number of carbonyl (C=O) groups excluding carboxylic acids is 1. The fourth-order valence-electron chi connectivity index (χ4n) is 3.66. The third-order valence-electron chi connectivity index (χ3n) is 5.42. The molecule has 1 heterocycles. The van der Waals surface area contributed by atoms with Crippen molar-refractivity contribution in [2.45, 2.75) is 45.8 Å². The van der Waals surface area contributed by atoms with Gasteiger partial charge >= 0.3 is 0 Å². The lowest BCUT2D eigenvalue weighted by Crippen LogP contribution is -2.25. The maximum Gasteiger partial charge on any atom is 0.251 e. The molecule has 5 heteroatoms. The molecule has 1 saturated carbocycles. The molecule has 0 bridgehead atoms. The third kappa shape index (κ3) is 4.57. The number of nitrogens with one attached hydrogen (secondary N) is 1. The molecule has 1 fully saturated rings. The summed E-state index contributed by atoms with van der Waals surface area (Å²) in [4.78, 5) is 18.9. The first kappa shape index (κ1) is 19.4. The number of benzene rings is 2. The van der Waals surface area contributed by atoms with E-state index < -0.39 is 0 Å². The van der Waals surface area contributed by atoms with Crippen LogP contribution in [0, 0.1) is 13.8 Å². The van der Waals surface area contributed by atoms with Crippen LogP contribution in [0.1, 0.15) is 45.6 Å². The van der Waals surface area contributed by atoms with E-state index >= 15 is 0 Å². The summed E-state index contributed by atoms with van der Waals surface area (Å²) in [5.74, 6) is 0.625. The molecule has 1 aromatic heterocycles. The molecule has 29 heavy (non-hydrogen) atoms. The number of rotatable bonds is 7. The molecule has 4 rings (SSSR count). The average molecular weight is 389 g/mol. The van der Waals surface area contributed by atoms with Gasteiger partial charge < -0.3 is 9.73 Å². The van der Waals surface area contributed by atoms with E-state index in [4.69, 9.17) is 9.40 Å². The number of hydrogen-bond acceptors (Lipinski definition) is 4. The Kier molecular flexibility index (Phi) is 5.49. The molecule has 0 spiro atoms. The minimum Gasteiger partial charge on any atom is -0.444 e. The summed E-state index contributed by atoms with van der Waals surface area (Å²) in [6, 6.07) is 14.7. The van der Waals surface area contributed by atoms with E-state index in [1.54, 1.807) is 13.3 Å². The van der Waals surface area contributed by atoms with Gasteiger partial charge in [-0.05, 0) is 56.0 Å². The van der Waals surface area contributed by atoms with Crippen LogP contribution in [0.25, 0.3) is 11.5 Å². The number of aromatic nitrogens is 1. The van der Waals surface area contributed by atoms with Crippen molar-refractivity contribution in [1.29, 1.82) is 0 Å². The first-order valence-electron chi connectivity index (χ1n) is 10.1. The molecule has 0 unspecified atom stereocenters. The summed E-state index contributed by atoms with van der Waals surface area (Å²) in [6.45, 7) is 5.78. The smallest absolute Gasteiger partial charge is 0.251 e. The number of oxazole rings is 1. The van der Waals surface area contributed by atoms with E-state index in [2.05, 4.69) is 42.3 Å². The van der Waals surface area contributed by atoms with Crippen molar-refractivity contribution in [3.05, 3.63) is 76.7 Å². The summed E-state index contributed by atoms with van der Waals surface area (Å²) < 4.78 is 5.79. The number of amides is 1. The van der Waals surface area contributed by atoms with Gasteiger partial charge in [0.2, 0.25) is 5.89 Å². The molecule has 1 aliphatic rings. The van der Waals surface area contributed by atoms with Gasteiger partial charge in [-0.2, -0.15) is 0 Å². The predicted octanol–water partition coefficient (Wildman–Crippen LogP) is 4.48. The second kappa shape index (κ2) is 8.21. The molecule has 1 aliphatic carbocycles. The SMILES string of the molecule is CNC(=O)c1ccc(CN(Cc2coc(-c3ccc(C)cc3C)n2)C2CC2)cc1. The number of aryl methyl sites for hydroxylation is 2. The van der Waals surface area contributed by atoms with Gasteiger partial charge in [0.25, 0.3) is 5.91 Å². The summed E-state index contributed by atoms with van der Waals surface area (Å²) >= 11 is 0. The highest BCUT2D eigenvalue weighted by atomic mass is 16.3. The Bertz CT molecular complexity index is 1000. The molecular formula is C24H27N3O2. The monoisotopic (exact) mass is 389 g/mol. The fraction of sp³-hybridized carbons (Fsp3) is 0.333. The summed E-state index contributed by atoms with van der Waals surface area (Å²) in [7, 11) is 1.65. The van der Waals surface area contributed by atoms with Gasteiger partial charge in [-0.15, -0.1) is 0 Å². The molecule has 3 aromatic rings. The molecular weight excluding hydrogens is 362 g/mol. The normalized spacial score (nSPS) is 13.7. The Hall–Kier alpha value is -2.92. The van der Waals surface area contributed by atoms with Crippen LogP contribution >= 0.6 is 0 Å². The third-order valence-corrected chi connectivity index (χ3v) is 5.42. The number of hydrogen-bond donors (Lipinski definition) is 1. The van der Waals surface area contributed by atoms with Crippen molar-refractivity contribution in [2.75, 3.05) is 7.05 Å². The van der Waals surface area contributed by atoms with E-state index in [-0.39, 0.29) is 5.91 Å². The van der Waals surface area contributed by atoms with E-state index in [9.17, 15) is 4.79 Å². The van der Waals surface area contributed by atoms with Gasteiger partial charge in [-0.3, -0.25) is 9.69 Å². The minimum atomic E-state index is -0.0582. The van der Waals surface area contributed by atoms with Crippen LogP contribution in [-0.2, 0) is 13.1 Å². The highest BCUT2D eigenvalue weighted by Crippen LogP contribution is 2.31. The van der Waals surface area contributed by atoms with Gasteiger partial charge in [0.05, 0.1) is 5.69 Å². The first-order valence-corrected chi connectivity index (χ1v) is 10.1. The van der Waals surface area contributed by atoms with Crippen molar-refractivity contribution >= 4 is 5.91 Å².